The van der Waals surface area contributed by atoms with Crippen LogP contribution in [0.15, 0.2) is 79.0 Å². The van der Waals surface area contributed by atoms with Gasteiger partial charge in [0.2, 0.25) is 0 Å². The molecule has 4 nitrogen and oxygen atoms in total. The van der Waals surface area contributed by atoms with Crippen molar-refractivity contribution in [3.8, 4) is 5.75 Å². The first kappa shape index (κ1) is 23.6. The Morgan fingerprint density at radius 1 is 0.971 bits per heavy atom. The lowest BCUT2D eigenvalue weighted by atomic mass is 9.87. The third-order valence-corrected chi connectivity index (χ3v) is 6.48. The monoisotopic (exact) mass is 454 g/mol. The zero-order valence-corrected chi connectivity index (χ0v) is 20.8. The molecule has 3 aromatic carbocycles. The number of para-hydroxylation sites is 1. The second-order valence-corrected chi connectivity index (χ2v) is 9.85. The van der Waals surface area contributed by atoms with Gasteiger partial charge in [0.15, 0.2) is 6.61 Å². The molecule has 0 saturated heterocycles. The molecule has 0 bridgehead atoms. The summed E-state index contributed by atoms with van der Waals surface area (Å²) >= 11 is 0. The average molecular weight is 455 g/mol. The molecule has 4 heteroatoms. The number of amides is 1. The maximum atomic E-state index is 13.3. The van der Waals surface area contributed by atoms with Crippen LogP contribution in [-0.4, -0.2) is 29.4 Å². The number of carbonyl (C=O) groups is 1. The van der Waals surface area contributed by atoms with Crippen molar-refractivity contribution in [1.29, 1.82) is 0 Å². The fourth-order valence-corrected chi connectivity index (χ4v) is 4.31. The van der Waals surface area contributed by atoms with Gasteiger partial charge in [0.05, 0.1) is 6.04 Å². The average Bonchev–Trinajstić information content (AvgIpc) is 3.26. The molecule has 1 aromatic heterocycles. The van der Waals surface area contributed by atoms with Gasteiger partial charge >= 0.3 is 0 Å². The van der Waals surface area contributed by atoms with Gasteiger partial charge in [-0.2, -0.15) is 0 Å². The molecule has 1 amide bonds. The summed E-state index contributed by atoms with van der Waals surface area (Å²) in [5.74, 6) is 0.625. The first-order chi connectivity index (χ1) is 16.3. The summed E-state index contributed by atoms with van der Waals surface area (Å²) in [5.41, 5.74) is 5.80. The number of aryl methyl sites for hydroxylation is 1. The highest BCUT2D eigenvalue weighted by atomic mass is 16.5. The van der Waals surface area contributed by atoms with E-state index in [9.17, 15) is 4.79 Å². The van der Waals surface area contributed by atoms with Gasteiger partial charge < -0.3 is 14.6 Å². The minimum atomic E-state index is -0.221. The summed E-state index contributed by atoms with van der Waals surface area (Å²) < 4.78 is 5.88. The van der Waals surface area contributed by atoms with E-state index in [1.165, 1.54) is 11.1 Å². The fraction of sp³-hybridized carbons (Fsp3) is 0.300. The summed E-state index contributed by atoms with van der Waals surface area (Å²) in [4.78, 5) is 18.5. The number of benzene rings is 3. The number of nitrogens with zero attached hydrogens (tertiary/aromatic N) is 1. The molecule has 0 aliphatic carbocycles. The van der Waals surface area contributed by atoms with Crippen LogP contribution in [0.25, 0.3) is 10.9 Å². The zero-order chi connectivity index (χ0) is 24.3. The van der Waals surface area contributed by atoms with Crippen molar-refractivity contribution < 1.29 is 9.53 Å². The number of carbonyl (C=O) groups excluding carboxylic acids is 1. The Morgan fingerprint density at radius 2 is 1.65 bits per heavy atom. The van der Waals surface area contributed by atoms with Crippen molar-refractivity contribution in [1.82, 2.24) is 9.88 Å². The van der Waals surface area contributed by atoms with Crippen LogP contribution < -0.4 is 4.74 Å². The largest absolute Gasteiger partial charge is 0.484 e. The van der Waals surface area contributed by atoms with Crippen LogP contribution in [0.4, 0.5) is 0 Å². The standard InChI is InChI=1S/C30H34N2O2/c1-6-21-11-13-22(14-12-21)29(26-19-31-27-10-8-7-9-25(26)27)32(5)28(33)20-34-24-17-15-23(16-18-24)30(2,3)4/h7-19,29,31H,6,20H2,1-5H3. The molecule has 1 atom stereocenters. The van der Waals surface area contributed by atoms with E-state index >= 15 is 0 Å². The molecule has 0 spiro atoms. The van der Waals surface area contributed by atoms with E-state index in [1.807, 2.05) is 37.5 Å². The van der Waals surface area contributed by atoms with Gasteiger partial charge in [-0.05, 0) is 46.7 Å². The van der Waals surface area contributed by atoms with Gasteiger partial charge in [0.1, 0.15) is 5.75 Å². The number of ether oxygens (including phenoxy) is 1. The highest BCUT2D eigenvalue weighted by Crippen LogP contribution is 2.33. The first-order valence-corrected chi connectivity index (χ1v) is 11.9. The molecule has 4 aromatic rings. The molecule has 0 saturated carbocycles. The minimum absolute atomic E-state index is 0.0166. The van der Waals surface area contributed by atoms with E-state index in [4.69, 9.17) is 4.74 Å². The van der Waals surface area contributed by atoms with Crippen molar-refractivity contribution in [3.63, 3.8) is 0 Å². The number of aromatic amines is 1. The number of aromatic nitrogens is 1. The van der Waals surface area contributed by atoms with Crippen molar-refractivity contribution in [2.75, 3.05) is 13.7 Å². The van der Waals surface area contributed by atoms with Gasteiger partial charge in [-0.15, -0.1) is 0 Å². The van der Waals surface area contributed by atoms with E-state index in [0.29, 0.717) is 5.75 Å². The minimum Gasteiger partial charge on any atom is -0.484 e. The van der Waals surface area contributed by atoms with Crippen LogP contribution in [-0.2, 0) is 16.6 Å². The van der Waals surface area contributed by atoms with Crippen molar-refractivity contribution in [2.24, 2.45) is 0 Å². The number of hydrogen-bond acceptors (Lipinski definition) is 2. The number of nitrogens with one attached hydrogen (secondary N) is 1. The van der Waals surface area contributed by atoms with Gasteiger partial charge in [-0.3, -0.25) is 4.79 Å². The molecule has 4 rings (SSSR count). The van der Waals surface area contributed by atoms with Crippen molar-refractivity contribution in [2.45, 2.75) is 45.6 Å². The predicted octanol–water partition coefficient (Wildman–Crippen LogP) is 6.65. The Bertz CT molecular complexity index is 1250. The van der Waals surface area contributed by atoms with Gasteiger partial charge in [0, 0.05) is 29.7 Å². The third kappa shape index (κ3) is 5.01. The summed E-state index contributed by atoms with van der Waals surface area (Å²) in [6.45, 7) is 8.67. The zero-order valence-electron chi connectivity index (χ0n) is 20.8. The molecule has 0 radical (unpaired) electrons. The van der Waals surface area contributed by atoms with Crippen molar-refractivity contribution in [3.05, 3.63) is 101 Å². The lowest BCUT2D eigenvalue weighted by molar-refractivity contribution is -0.133. The van der Waals surface area contributed by atoms with Crippen LogP contribution in [0.5, 0.6) is 5.75 Å². The predicted molar refractivity (Wildman–Crippen MR) is 139 cm³/mol. The Morgan fingerprint density at radius 3 is 2.29 bits per heavy atom. The van der Waals surface area contributed by atoms with E-state index in [1.54, 1.807) is 4.90 Å². The van der Waals surface area contributed by atoms with Crippen LogP contribution >= 0.6 is 0 Å². The van der Waals surface area contributed by atoms with Crippen molar-refractivity contribution >= 4 is 16.8 Å². The van der Waals surface area contributed by atoms with E-state index in [-0.39, 0.29) is 24.0 Å². The van der Waals surface area contributed by atoms with Gasteiger partial charge in [-0.25, -0.2) is 0 Å². The molecule has 1 heterocycles. The van der Waals surface area contributed by atoms with Crippen LogP contribution in [0.3, 0.4) is 0 Å². The number of fused-ring (bicyclic) bond motifs is 1. The summed E-state index contributed by atoms with van der Waals surface area (Å²) in [6.07, 6.45) is 2.99. The Labute approximate surface area is 202 Å². The van der Waals surface area contributed by atoms with Gasteiger partial charge in [0.25, 0.3) is 5.91 Å². The topological polar surface area (TPSA) is 45.3 Å². The first-order valence-electron chi connectivity index (χ1n) is 11.9. The molecule has 0 aliphatic heterocycles. The quantitative estimate of drug-likeness (QED) is 0.340. The molecular weight excluding hydrogens is 420 g/mol. The SMILES string of the molecule is CCc1ccc(C(c2c[nH]c3ccccc23)N(C)C(=O)COc2ccc(C(C)(C)C)cc2)cc1. The molecule has 176 valence electrons. The molecular formula is C30H34N2O2. The highest BCUT2D eigenvalue weighted by molar-refractivity contribution is 5.85. The van der Waals surface area contributed by atoms with E-state index in [0.717, 1.165) is 28.5 Å². The fourth-order valence-electron chi connectivity index (χ4n) is 4.31. The molecule has 1 N–H and O–H groups in total. The van der Waals surface area contributed by atoms with Crippen LogP contribution in [0.2, 0.25) is 0 Å². The smallest absolute Gasteiger partial charge is 0.261 e. The summed E-state index contributed by atoms with van der Waals surface area (Å²) in [5, 5.41) is 1.12. The Kier molecular flexibility index (Phi) is 6.78. The molecule has 0 aliphatic rings. The maximum Gasteiger partial charge on any atom is 0.261 e. The lowest BCUT2D eigenvalue weighted by Gasteiger charge is -2.29. The number of H-pyrrole nitrogens is 1. The molecule has 34 heavy (non-hydrogen) atoms. The summed E-state index contributed by atoms with van der Waals surface area (Å²) in [7, 11) is 1.86. The molecule has 1 unspecified atom stereocenters. The Balaban J connectivity index is 1.58. The van der Waals surface area contributed by atoms with E-state index < -0.39 is 0 Å². The highest BCUT2D eigenvalue weighted by Gasteiger charge is 2.26. The normalized spacial score (nSPS) is 12.5. The maximum absolute atomic E-state index is 13.3. The number of likely N-dealkylation sites (N-methyl/N-ethyl adjacent to an activating group) is 1. The third-order valence-electron chi connectivity index (χ3n) is 6.48. The second kappa shape index (κ2) is 9.76. The molecule has 0 fully saturated rings. The van der Waals surface area contributed by atoms with E-state index in [2.05, 4.69) is 81.2 Å². The number of hydrogen-bond donors (Lipinski definition) is 1. The lowest BCUT2D eigenvalue weighted by Crippen LogP contribution is -2.35. The summed E-state index contributed by atoms with van der Waals surface area (Å²) in [6, 6.07) is 24.5. The Hall–Kier alpha value is -3.53. The van der Waals surface area contributed by atoms with Gasteiger partial charge in [-0.1, -0.05) is 82.3 Å². The second-order valence-electron chi connectivity index (χ2n) is 9.85. The number of rotatable bonds is 7. The van der Waals surface area contributed by atoms with Crippen LogP contribution in [0.1, 0.15) is 56.0 Å². The van der Waals surface area contributed by atoms with Crippen LogP contribution in [0, 0.1) is 0 Å².